The third-order valence-corrected chi connectivity index (χ3v) is 7.42. The van der Waals surface area contributed by atoms with Gasteiger partial charge in [-0.3, -0.25) is 0 Å². The van der Waals surface area contributed by atoms with Crippen molar-refractivity contribution >= 4 is 11.5 Å². The van der Waals surface area contributed by atoms with Gasteiger partial charge in [-0.2, -0.15) is 0 Å². The summed E-state index contributed by atoms with van der Waals surface area (Å²) in [6.07, 6.45) is 0.111. The summed E-state index contributed by atoms with van der Waals surface area (Å²) in [7, 11) is 4.63. The van der Waals surface area contributed by atoms with Gasteiger partial charge in [0, 0.05) is 17.6 Å². The Labute approximate surface area is 248 Å². The Hall–Kier alpha value is -5.15. The van der Waals surface area contributed by atoms with Crippen molar-refractivity contribution < 1.29 is 43.1 Å². The molecule has 0 fully saturated rings. The first-order valence-corrected chi connectivity index (χ1v) is 13.6. The summed E-state index contributed by atoms with van der Waals surface area (Å²) in [4.78, 5) is 13.5. The van der Waals surface area contributed by atoms with Crippen molar-refractivity contribution in [1.82, 2.24) is 0 Å². The average molecular weight is 583 g/mol. The highest BCUT2D eigenvalue weighted by Gasteiger charge is 2.48. The molecular formula is C34H30O9. The number of carbonyl (C=O) groups excluding carboxylic acids is 1. The van der Waals surface area contributed by atoms with Crippen molar-refractivity contribution in [3.8, 4) is 34.5 Å². The molecule has 2 aliphatic rings. The molecule has 4 aromatic carbocycles. The molecule has 0 radical (unpaired) electrons. The number of fused-ring (bicyclic) bond motifs is 1. The molecule has 1 unspecified atom stereocenters. The number of esters is 1. The molecule has 0 amide bonds. The summed E-state index contributed by atoms with van der Waals surface area (Å²) in [5.41, 5.74) is 3.12. The average Bonchev–Trinajstić information content (AvgIpc) is 3.61. The molecule has 0 aromatic heterocycles. The number of aliphatic hydroxyl groups is 1. The van der Waals surface area contributed by atoms with Gasteiger partial charge < -0.3 is 38.3 Å². The molecular weight excluding hydrogens is 552 g/mol. The minimum absolute atomic E-state index is 0.0856. The molecule has 9 nitrogen and oxygen atoms in total. The molecule has 0 spiro atoms. The van der Waals surface area contributed by atoms with E-state index in [4.69, 9.17) is 33.2 Å². The lowest BCUT2D eigenvalue weighted by molar-refractivity contribution is -0.185. The van der Waals surface area contributed by atoms with Crippen LogP contribution in [0.1, 0.15) is 22.3 Å². The number of methoxy groups -OCH3 is 3. The van der Waals surface area contributed by atoms with Gasteiger partial charge in [-0.05, 0) is 65.2 Å². The van der Waals surface area contributed by atoms with E-state index in [-0.39, 0.29) is 18.8 Å². The maximum Gasteiger partial charge on any atom is 0.342 e. The Morgan fingerprint density at radius 3 is 2.26 bits per heavy atom. The van der Waals surface area contributed by atoms with Crippen LogP contribution in [0, 0.1) is 0 Å². The van der Waals surface area contributed by atoms with Gasteiger partial charge >= 0.3 is 5.97 Å². The van der Waals surface area contributed by atoms with Crippen LogP contribution < -0.4 is 28.4 Å². The number of carbonyl (C=O) groups is 1. The zero-order valence-electron chi connectivity index (χ0n) is 23.9. The molecule has 2 aliphatic heterocycles. The molecule has 4 aromatic rings. The molecule has 2 heterocycles. The lowest BCUT2D eigenvalue weighted by atomic mass is 9.88. The topological polar surface area (TPSA) is 102 Å². The smallest absolute Gasteiger partial charge is 0.342 e. The highest BCUT2D eigenvalue weighted by Crippen LogP contribution is 2.48. The van der Waals surface area contributed by atoms with Gasteiger partial charge in [0.1, 0.15) is 12.4 Å². The molecule has 9 heteroatoms. The quantitative estimate of drug-likeness (QED) is 0.246. The van der Waals surface area contributed by atoms with Crippen LogP contribution in [0.15, 0.2) is 90.5 Å². The fraction of sp³-hybridized carbons (Fsp3) is 0.206. The van der Waals surface area contributed by atoms with Gasteiger partial charge in [0.15, 0.2) is 23.0 Å². The molecule has 1 atom stereocenters. The maximum absolute atomic E-state index is 13.5. The van der Waals surface area contributed by atoms with Crippen molar-refractivity contribution in [2.24, 2.45) is 0 Å². The number of rotatable bonds is 10. The molecule has 43 heavy (non-hydrogen) atoms. The van der Waals surface area contributed by atoms with Gasteiger partial charge in [-0.1, -0.05) is 36.4 Å². The van der Waals surface area contributed by atoms with Crippen molar-refractivity contribution in [2.45, 2.75) is 18.8 Å². The fourth-order valence-corrected chi connectivity index (χ4v) is 5.27. The highest BCUT2D eigenvalue weighted by atomic mass is 16.7. The third-order valence-electron chi connectivity index (χ3n) is 7.42. The summed E-state index contributed by atoms with van der Waals surface area (Å²) < 4.78 is 39.5. The fourth-order valence-electron chi connectivity index (χ4n) is 5.27. The van der Waals surface area contributed by atoms with E-state index in [0.717, 1.165) is 5.56 Å². The van der Waals surface area contributed by atoms with Crippen LogP contribution in [0.25, 0.3) is 5.57 Å². The summed E-state index contributed by atoms with van der Waals surface area (Å²) in [6, 6.07) is 25.2. The number of hydrogen-bond acceptors (Lipinski definition) is 9. The summed E-state index contributed by atoms with van der Waals surface area (Å²) in [6.45, 7) is 0.384. The zero-order chi connectivity index (χ0) is 30.0. The Kier molecular flexibility index (Phi) is 7.56. The first-order chi connectivity index (χ1) is 20.9. The van der Waals surface area contributed by atoms with Gasteiger partial charge in [0.25, 0.3) is 5.79 Å². The molecule has 1 N–H and O–H groups in total. The number of cyclic esters (lactones) is 1. The van der Waals surface area contributed by atoms with Gasteiger partial charge in [-0.25, -0.2) is 4.79 Å². The predicted octanol–water partition coefficient (Wildman–Crippen LogP) is 5.42. The minimum Gasteiger partial charge on any atom is -0.497 e. The minimum atomic E-state index is -2.06. The van der Waals surface area contributed by atoms with E-state index in [1.165, 1.54) is 7.11 Å². The van der Waals surface area contributed by atoms with Crippen LogP contribution in [0.4, 0.5) is 0 Å². The standard InChI is InChI=1S/C34H30O9/c1-37-25-12-10-24(11-13-25)34(36)26(31(33(35)43-34)23-9-14-27-28(18-23)42-20-41-27)15-22-16-29(38-2)32(39-3)30(17-22)40-19-21-7-5-4-6-8-21/h4-14,16-18,36H,15,19-20H2,1-3H3. The summed E-state index contributed by atoms with van der Waals surface area (Å²) >= 11 is 0. The maximum atomic E-state index is 13.5. The van der Waals surface area contributed by atoms with Crippen LogP contribution in [0.2, 0.25) is 0 Å². The van der Waals surface area contributed by atoms with E-state index in [1.54, 1.807) is 62.8 Å². The zero-order valence-corrected chi connectivity index (χ0v) is 23.9. The van der Waals surface area contributed by atoms with Crippen molar-refractivity contribution in [2.75, 3.05) is 28.1 Å². The van der Waals surface area contributed by atoms with E-state index in [2.05, 4.69) is 0 Å². The Morgan fingerprint density at radius 2 is 1.53 bits per heavy atom. The SMILES string of the molecule is COc1ccc(C2(O)OC(=O)C(c3ccc4c(c3)OCO4)=C2Cc2cc(OC)c(OC)c(OCc3ccccc3)c2)cc1. The van der Waals surface area contributed by atoms with E-state index in [0.29, 0.717) is 63.4 Å². The molecule has 220 valence electrons. The number of hydrogen-bond donors (Lipinski definition) is 1. The third kappa shape index (κ3) is 5.30. The van der Waals surface area contributed by atoms with Crippen molar-refractivity contribution in [3.05, 3.63) is 113 Å². The second kappa shape index (κ2) is 11.6. The molecule has 0 saturated heterocycles. The van der Waals surface area contributed by atoms with E-state index in [9.17, 15) is 9.90 Å². The monoisotopic (exact) mass is 582 g/mol. The first-order valence-electron chi connectivity index (χ1n) is 13.6. The predicted molar refractivity (Wildman–Crippen MR) is 156 cm³/mol. The largest absolute Gasteiger partial charge is 0.497 e. The Bertz CT molecular complexity index is 1680. The van der Waals surface area contributed by atoms with Crippen LogP contribution in [-0.2, 0) is 28.3 Å². The van der Waals surface area contributed by atoms with Crippen LogP contribution in [-0.4, -0.2) is 39.2 Å². The van der Waals surface area contributed by atoms with Crippen LogP contribution in [0.5, 0.6) is 34.5 Å². The van der Waals surface area contributed by atoms with Crippen LogP contribution in [0.3, 0.4) is 0 Å². The molecule has 6 rings (SSSR count). The normalized spacial score (nSPS) is 17.1. The lowest BCUT2D eigenvalue weighted by Crippen LogP contribution is -2.29. The second-order valence-corrected chi connectivity index (χ2v) is 9.96. The molecule has 0 aliphatic carbocycles. The highest BCUT2D eigenvalue weighted by molar-refractivity contribution is 6.20. The van der Waals surface area contributed by atoms with Gasteiger partial charge in [0.05, 0.1) is 26.9 Å². The van der Waals surface area contributed by atoms with Crippen LogP contribution >= 0.6 is 0 Å². The molecule has 0 bridgehead atoms. The summed E-state index contributed by atoms with van der Waals surface area (Å²) in [5.74, 6) is 0.244. The Morgan fingerprint density at radius 1 is 0.791 bits per heavy atom. The van der Waals surface area contributed by atoms with Gasteiger partial charge in [0.2, 0.25) is 12.5 Å². The second-order valence-electron chi connectivity index (χ2n) is 9.96. The van der Waals surface area contributed by atoms with E-state index in [1.807, 2.05) is 36.4 Å². The Balaban J connectivity index is 1.46. The lowest BCUT2D eigenvalue weighted by Gasteiger charge is -2.26. The summed E-state index contributed by atoms with van der Waals surface area (Å²) in [5, 5.41) is 12.1. The number of benzene rings is 4. The first kappa shape index (κ1) is 28.0. The molecule has 0 saturated carbocycles. The van der Waals surface area contributed by atoms with E-state index < -0.39 is 11.8 Å². The van der Waals surface area contributed by atoms with Gasteiger partial charge in [-0.15, -0.1) is 0 Å². The van der Waals surface area contributed by atoms with Crippen molar-refractivity contribution in [3.63, 3.8) is 0 Å². The van der Waals surface area contributed by atoms with Crippen molar-refractivity contribution in [1.29, 1.82) is 0 Å². The number of ether oxygens (including phenoxy) is 7. The van der Waals surface area contributed by atoms with E-state index >= 15 is 0 Å².